The molecule has 0 aliphatic rings. The van der Waals surface area contributed by atoms with Crippen LogP contribution in [0.15, 0.2) is 72.8 Å². The maximum atomic E-state index is 12.5. The molecule has 0 saturated heterocycles. The standard InChI is InChI=1S/C23H17N3O2S2/c1-14-24-19-13-18(11-12-20(19)30-14)25-23(29)26-22(28)17-9-7-16(8-10-17)21(27)15-5-3-2-4-6-15/h2-13H,1H3,(H2,25,26,28,29). The van der Waals surface area contributed by atoms with Crippen LogP contribution in [-0.4, -0.2) is 21.8 Å². The van der Waals surface area contributed by atoms with Gasteiger partial charge in [0.25, 0.3) is 5.91 Å². The number of rotatable bonds is 4. The van der Waals surface area contributed by atoms with Gasteiger partial charge in [0.15, 0.2) is 10.9 Å². The van der Waals surface area contributed by atoms with Crippen molar-refractivity contribution in [1.82, 2.24) is 10.3 Å². The number of thiazole rings is 1. The molecule has 5 nitrogen and oxygen atoms in total. The number of ketones is 1. The average molecular weight is 432 g/mol. The van der Waals surface area contributed by atoms with Crippen molar-refractivity contribution in [2.45, 2.75) is 6.92 Å². The fourth-order valence-corrected chi connectivity index (χ4v) is 4.01. The Morgan fingerprint density at radius 3 is 2.30 bits per heavy atom. The molecule has 7 heteroatoms. The molecule has 1 heterocycles. The van der Waals surface area contributed by atoms with Crippen LogP contribution in [-0.2, 0) is 0 Å². The predicted octanol–water partition coefficient (Wildman–Crippen LogP) is 4.96. The van der Waals surface area contributed by atoms with Crippen LogP contribution in [0.1, 0.15) is 31.3 Å². The molecular formula is C23H17N3O2S2. The van der Waals surface area contributed by atoms with E-state index in [1.54, 1.807) is 47.7 Å². The first-order valence-corrected chi connectivity index (χ1v) is 10.4. The molecule has 0 unspecified atom stereocenters. The van der Waals surface area contributed by atoms with Gasteiger partial charge in [-0.2, -0.15) is 0 Å². The van der Waals surface area contributed by atoms with Gasteiger partial charge >= 0.3 is 0 Å². The van der Waals surface area contributed by atoms with Gasteiger partial charge in [-0.1, -0.05) is 42.5 Å². The third kappa shape index (κ3) is 4.42. The minimum Gasteiger partial charge on any atom is -0.332 e. The third-order valence-electron chi connectivity index (χ3n) is 4.42. The zero-order valence-corrected chi connectivity index (χ0v) is 17.6. The molecule has 0 aliphatic carbocycles. The van der Waals surface area contributed by atoms with E-state index in [9.17, 15) is 9.59 Å². The number of hydrogen-bond donors (Lipinski definition) is 2. The van der Waals surface area contributed by atoms with Crippen LogP contribution < -0.4 is 10.6 Å². The highest BCUT2D eigenvalue weighted by atomic mass is 32.1. The number of thiocarbonyl (C=S) groups is 1. The first-order chi connectivity index (χ1) is 14.5. The molecule has 2 N–H and O–H groups in total. The maximum Gasteiger partial charge on any atom is 0.257 e. The van der Waals surface area contributed by atoms with Gasteiger partial charge in [-0.25, -0.2) is 4.98 Å². The molecule has 0 saturated carbocycles. The lowest BCUT2D eigenvalue weighted by Crippen LogP contribution is -2.34. The van der Waals surface area contributed by atoms with Crippen molar-refractivity contribution in [3.05, 3.63) is 94.5 Å². The summed E-state index contributed by atoms with van der Waals surface area (Å²) in [6, 6.07) is 21.3. The number of carbonyl (C=O) groups excluding carboxylic acids is 2. The number of amides is 1. The number of aromatic nitrogens is 1. The van der Waals surface area contributed by atoms with Gasteiger partial charge in [0.1, 0.15) is 0 Å². The average Bonchev–Trinajstić information content (AvgIpc) is 3.13. The Hall–Kier alpha value is -3.42. The summed E-state index contributed by atoms with van der Waals surface area (Å²) in [6.07, 6.45) is 0. The van der Waals surface area contributed by atoms with Gasteiger partial charge in [0, 0.05) is 22.4 Å². The number of nitrogens with one attached hydrogen (secondary N) is 2. The second-order valence-electron chi connectivity index (χ2n) is 6.60. The predicted molar refractivity (Wildman–Crippen MR) is 124 cm³/mol. The van der Waals surface area contributed by atoms with E-state index < -0.39 is 0 Å². The molecule has 148 valence electrons. The van der Waals surface area contributed by atoms with E-state index in [1.165, 1.54) is 0 Å². The summed E-state index contributed by atoms with van der Waals surface area (Å²) >= 11 is 6.88. The Labute approximate surface area is 182 Å². The quantitative estimate of drug-likeness (QED) is 0.353. The van der Waals surface area contributed by atoms with Gasteiger partial charge in [-0.15, -0.1) is 11.3 Å². The Bertz CT molecular complexity index is 1250. The first kappa shape index (κ1) is 19.9. The van der Waals surface area contributed by atoms with E-state index in [1.807, 2.05) is 43.3 Å². The Balaban J connectivity index is 1.40. The number of nitrogens with zero attached hydrogens (tertiary/aromatic N) is 1. The molecule has 0 bridgehead atoms. The number of hydrogen-bond acceptors (Lipinski definition) is 5. The van der Waals surface area contributed by atoms with E-state index >= 15 is 0 Å². The number of carbonyl (C=O) groups is 2. The molecule has 3 aromatic carbocycles. The fourth-order valence-electron chi connectivity index (χ4n) is 2.99. The van der Waals surface area contributed by atoms with Crippen molar-refractivity contribution in [2.24, 2.45) is 0 Å². The molecule has 30 heavy (non-hydrogen) atoms. The van der Waals surface area contributed by atoms with Crippen molar-refractivity contribution in [3.8, 4) is 0 Å². The molecule has 0 aliphatic heterocycles. The van der Waals surface area contributed by atoms with Gasteiger partial charge in [0.05, 0.1) is 15.2 Å². The number of anilines is 1. The Morgan fingerprint density at radius 2 is 1.57 bits per heavy atom. The summed E-state index contributed by atoms with van der Waals surface area (Å²) in [7, 11) is 0. The molecule has 1 aromatic heterocycles. The topological polar surface area (TPSA) is 71.1 Å². The first-order valence-electron chi connectivity index (χ1n) is 9.19. The molecule has 0 radical (unpaired) electrons. The summed E-state index contributed by atoms with van der Waals surface area (Å²) in [4.78, 5) is 29.4. The second-order valence-corrected chi connectivity index (χ2v) is 8.24. The van der Waals surface area contributed by atoms with Crippen molar-refractivity contribution < 1.29 is 9.59 Å². The summed E-state index contributed by atoms with van der Waals surface area (Å²) in [6.45, 7) is 1.96. The summed E-state index contributed by atoms with van der Waals surface area (Å²) in [5.74, 6) is -0.441. The Kier molecular flexibility index (Phi) is 5.65. The van der Waals surface area contributed by atoms with E-state index in [4.69, 9.17) is 12.2 Å². The van der Waals surface area contributed by atoms with Crippen molar-refractivity contribution in [3.63, 3.8) is 0 Å². The van der Waals surface area contributed by atoms with E-state index in [0.29, 0.717) is 16.7 Å². The van der Waals surface area contributed by atoms with Crippen LogP contribution in [0.4, 0.5) is 5.69 Å². The molecule has 0 atom stereocenters. The van der Waals surface area contributed by atoms with Gasteiger partial charge in [0.2, 0.25) is 0 Å². The lowest BCUT2D eigenvalue weighted by atomic mass is 10.0. The molecule has 0 fully saturated rings. The minimum absolute atomic E-state index is 0.0904. The van der Waals surface area contributed by atoms with Crippen molar-refractivity contribution in [1.29, 1.82) is 0 Å². The molecule has 0 spiro atoms. The highest BCUT2D eigenvalue weighted by molar-refractivity contribution is 7.80. The zero-order chi connectivity index (χ0) is 21.1. The fraction of sp³-hybridized carbons (Fsp3) is 0.0435. The zero-order valence-electron chi connectivity index (χ0n) is 16.0. The lowest BCUT2D eigenvalue weighted by Gasteiger charge is -2.10. The monoisotopic (exact) mass is 431 g/mol. The highest BCUT2D eigenvalue weighted by Crippen LogP contribution is 2.24. The maximum absolute atomic E-state index is 12.5. The van der Waals surface area contributed by atoms with E-state index in [0.717, 1.165) is 20.9 Å². The SMILES string of the molecule is Cc1nc2cc(NC(=S)NC(=O)c3ccc(C(=O)c4ccccc4)cc3)ccc2s1. The molecule has 4 rings (SSSR count). The van der Waals surface area contributed by atoms with Crippen LogP contribution in [0.2, 0.25) is 0 Å². The van der Waals surface area contributed by atoms with Crippen LogP contribution in [0.5, 0.6) is 0 Å². The summed E-state index contributed by atoms with van der Waals surface area (Å²) in [5, 5.41) is 6.85. The van der Waals surface area contributed by atoms with Crippen LogP contribution >= 0.6 is 23.6 Å². The van der Waals surface area contributed by atoms with E-state index in [2.05, 4.69) is 15.6 Å². The number of aryl methyl sites for hydroxylation is 1. The molecular weight excluding hydrogens is 414 g/mol. The lowest BCUT2D eigenvalue weighted by molar-refractivity contribution is 0.0975. The largest absolute Gasteiger partial charge is 0.332 e. The van der Waals surface area contributed by atoms with Crippen molar-refractivity contribution >= 4 is 56.3 Å². The highest BCUT2D eigenvalue weighted by Gasteiger charge is 2.12. The van der Waals surface area contributed by atoms with Gasteiger partial charge < -0.3 is 5.32 Å². The van der Waals surface area contributed by atoms with Crippen LogP contribution in [0, 0.1) is 6.92 Å². The summed E-state index contributed by atoms with van der Waals surface area (Å²) < 4.78 is 1.10. The molecule has 4 aromatic rings. The summed E-state index contributed by atoms with van der Waals surface area (Å²) in [5.41, 5.74) is 3.17. The van der Waals surface area contributed by atoms with E-state index in [-0.39, 0.29) is 16.8 Å². The van der Waals surface area contributed by atoms with Crippen LogP contribution in [0.25, 0.3) is 10.2 Å². The number of fused-ring (bicyclic) bond motifs is 1. The molecule has 1 amide bonds. The minimum atomic E-state index is -0.350. The van der Waals surface area contributed by atoms with Crippen LogP contribution in [0.3, 0.4) is 0 Å². The van der Waals surface area contributed by atoms with Gasteiger partial charge in [-0.05, 0) is 49.5 Å². The van der Waals surface area contributed by atoms with Gasteiger partial charge in [-0.3, -0.25) is 14.9 Å². The third-order valence-corrected chi connectivity index (χ3v) is 5.58. The number of benzene rings is 3. The Morgan fingerprint density at radius 1 is 0.900 bits per heavy atom. The smallest absolute Gasteiger partial charge is 0.257 e. The second kappa shape index (κ2) is 8.52. The van der Waals surface area contributed by atoms with Crippen molar-refractivity contribution in [2.75, 3.05) is 5.32 Å². The normalized spacial score (nSPS) is 10.6.